The van der Waals surface area contributed by atoms with E-state index in [1.54, 1.807) is 0 Å². The Morgan fingerprint density at radius 2 is 1.80 bits per heavy atom. The summed E-state index contributed by atoms with van der Waals surface area (Å²) >= 11 is 2.08. The van der Waals surface area contributed by atoms with Crippen LogP contribution in [-0.4, -0.2) is 115 Å². The Labute approximate surface area is 356 Å². The molecular weight excluding hydrogens is 778 g/mol. The summed E-state index contributed by atoms with van der Waals surface area (Å²) in [5, 5.41) is 37.8. The molecule has 7 amide bonds. The van der Waals surface area contributed by atoms with Gasteiger partial charge in [-0.1, -0.05) is 23.9 Å². The number of thioether (sulfide) groups is 2. The largest absolute Gasteiger partial charge is 1.00 e. The van der Waals surface area contributed by atoms with Crippen molar-refractivity contribution in [3.05, 3.63) is 61.8 Å². The molecule has 2 saturated heterocycles. The average molecular weight is 807 g/mol. The number of aromatic nitrogens is 3. The Morgan fingerprint density at radius 3 is 2.41 bits per heavy atom. The van der Waals surface area contributed by atoms with E-state index in [1.165, 1.54) is 31.3 Å². The number of benzene rings is 1. The summed E-state index contributed by atoms with van der Waals surface area (Å²) < 4.78 is 5.72. The molecule has 22 nitrogen and oxygen atoms in total. The van der Waals surface area contributed by atoms with Crippen LogP contribution in [0.2, 0.25) is 0 Å². The second-order valence-electron chi connectivity index (χ2n) is 11.2. The summed E-state index contributed by atoms with van der Waals surface area (Å²) in [5.74, 6) is -4.93. The summed E-state index contributed by atoms with van der Waals surface area (Å²) in [4.78, 5) is 112. The number of carboxylic acid groups (broad SMARTS) is 2. The van der Waals surface area contributed by atoms with Gasteiger partial charge < -0.3 is 46.2 Å². The SMILES string of the molecule is Cn1c(SCC2=C(C(=O)[O-])N3C(=O)[C@@H](NC(=O)[C@H](NC(=O)N4CCNC4=O)c4ccc(NC(=O)OC[C@@H](N)C(=O)[O-])cc4)[C@@H]3SC2)n[nH]c(=O)c1=O.[Na+].[Na+]. The van der Waals surface area contributed by atoms with E-state index in [0.29, 0.717) is 0 Å². The minimum atomic E-state index is -1.66. The molecule has 4 atom stereocenters. The second-order valence-corrected chi connectivity index (χ2v) is 13.2. The number of fused-ring (bicyclic) bond motifs is 1. The van der Waals surface area contributed by atoms with E-state index in [2.05, 4.69) is 31.5 Å². The first-order chi connectivity index (χ1) is 24.7. The minimum Gasteiger partial charge on any atom is -0.548 e. The maximum Gasteiger partial charge on any atom is 1.00 e. The van der Waals surface area contributed by atoms with Crippen LogP contribution in [0, 0.1) is 0 Å². The van der Waals surface area contributed by atoms with Crippen molar-refractivity contribution in [3.63, 3.8) is 0 Å². The second kappa shape index (κ2) is 19.1. The van der Waals surface area contributed by atoms with Gasteiger partial charge in [-0.25, -0.2) is 24.4 Å². The number of aliphatic carboxylic acids is 2. The summed E-state index contributed by atoms with van der Waals surface area (Å²) in [7, 11) is 1.32. The van der Waals surface area contributed by atoms with Crippen molar-refractivity contribution in [1.82, 2.24) is 40.5 Å². The molecule has 2 aromatic rings. The molecule has 3 aliphatic rings. The molecule has 4 heterocycles. The van der Waals surface area contributed by atoms with E-state index in [0.717, 1.165) is 37.9 Å². The Morgan fingerprint density at radius 1 is 1.11 bits per heavy atom. The fraction of sp³-hybridized carbons (Fsp3) is 0.357. The fourth-order valence-corrected chi connectivity index (χ4v) is 7.48. The number of H-pyrrole nitrogens is 1. The van der Waals surface area contributed by atoms with Crippen molar-refractivity contribution in [2.24, 2.45) is 12.8 Å². The number of imide groups is 1. The Kier molecular flexibility index (Phi) is 15.8. The summed E-state index contributed by atoms with van der Waals surface area (Å²) in [6.07, 6.45) is -1.05. The molecule has 54 heavy (non-hydrogen) atoms. The molecule has 276 valence electrons. The van der Waals surface area contributed by atoms with Crippen LogP contribution < -0.4 is 107 Å². The van der Waals surface area contributed by atoms with Crippen LogP contribution in [0.5, 0.6) is 0 Å². The number of carbonyl (C=O) groups excluding carboxylic acids is 7. The topological polar surface area (TPSA) is 323 Å². The zero-order valence-corrected chi connectivity index (χ0v) is 34.4. The van der Waals surface area contributed by atoms with Crippen molar-refractivity contribution in [3.8, 4) is 0 Å². The zero-order chi connectivity index (χ0) is 37.9. The van der Waals surface area contributed by atoms with Crippen LogP contribution >= 0.6 is 23.5 Å². The van der Waals surface area contributed by atoms with Crippen LogP contribution in [0.1, 0.15) is 11.6 Å². The minimum absolute atomic E-state index is 0. The van der Waals surface area contributed by atoms with Crippen LogP contribution in [-0.2, 0) is 31.0 Å². The first kappa shape index (κ1) is 44.5. The fourth-order valence-electron chi connectivity index (χ4n) is 5.07. The Bertz CT molecular complexity index is 2000. The Balaban J connectivity index is 0.00000392. The summed E-state index contributed by atoms with van der Waals surface area (Å²) in [6, 6.07) is -0.585. The smallest absolute Gasteiger partial charge is 0.548 e. The van der Waals surface area contributed by atoms with Crippen molar-refractivity contribution in [2.45, 2.75) is 28.7 Å². The first-order valence-electron chi connectivity index (χ1n) is 15.0. The number of amides is 7. The van der Waals surface area contributed by atoms with E-state index in [-0.39, 0.29) is 106 Å². The Hall–Kier alpha value is -3.88. The molecule has 0 aliphatic carbocycles. The number of urea groups is 2. The van der Waals surface area contributed by atoms with E-state index in [1.807, 2.05) is 0 Å². The molecule has 26 heteroatoms. The van der Waals surface area contributed by atoms with Gasteiger partial charge >= 0.3 is 88.4 Å². The maximum atomic E-state index is 13.7. The number of nitrogens with two attached hydrogens (primary N) is 1. The molecule has 7 N–H and O–H groups in total. The van der Waals surface area contributed by atoms with Crippen LogP contribution in [0.25, 0.3) is 0 Å². The molecule has 2 fully saturated rings. The standard InChI is InChI=1S/C28H30N10O12S2.2Na/c1-36-21(42)19(40)34-35-27(36)52-10-12-9-51-22-16(20(41)38(22)17(12)24(45)46)32-18(39)15(33-26(48)37-7-6-30-25(37)47)11-2-4-13(5-3-11)31-28(49)50-8-14(29)23(43)44;;/h2-5,14-16,22H,6-10,29H2,1H3,(H,30,47)(H,31,49)(H,32,39)(H,33,48)(H,34,40)(H,43,44)(H,45,46);;/q;2*+1/p-2/t14-,15-,16-,22+;;/m1../s1. The molecular formula is C28H28N10Na2O12S2. The van der Waals surface area contributed by atoms with E-state index >= 15 is 0 Å². The number of carbonyl (C=O) groups is 7. The third-order valence-electron chi connectivity index (χ3n) is 7.77. The maximum absolute atomic E-state index is 13.7. The van der Waals surface area contributed by atoms with Crippen molar-refractivity contribution >= 4 is 71.1 Å². The van der Waals surface area contributed by atoms with Crippen molar-refractivity contribution in [2.75, 3.05) is 36.5 Å². The van der Waals surface area contributed by atoms with Gasteiger partial charge in [0.05, 0.1) is 23.7 Å². The van der Waals surface area contributed by atoms with Crippen molar-refractivity contribution in [1.29, 1.82) is 0 Å². The van der Waals surface area contributed by atoms with Crippen molar-refractivity contribution < 1.29 is 108 Å². The number of anilines is 1. The van der Waals surface area contributed by atoms with Crippen LogP contribution in [0.15, 0.2) is 50.3 Å². The number of carboxylic acids is 2. The molecule has 0 unspecified atom stereocenters. The summed E-state index contributed by atoms with van der Waals surface area (Å²) in [6.45, 7) is -0.487. The van der Waals surface area contributed by atoms with Gasteiger partial charge in [0.2, 0.25) is 5.91 Å². The predicted molar refractivity (Wildman–Crippen MR) is 174 cm³/mol. The van der Waals surface area contributed by atoms with Crippen LogP contribution in [0.3, 0.4) is 0 Å². The molecule has 0 saturated carbocycles. The van der Waals surface area contributed by atoms with E-state index in [9.17, 15) is 53.4 Å². The number of β-lactam (4-membered cyclic amide) rings is 1. The van der Waals surface area contributed by atoms with Gasteiger partial charge in [-0.05, 0) is 23.3 Å². The average Bonchev–Trinajstić information content (AvgIpc) is 3.55. The molecule has 1 aromatic heterocycles. The zero-order valence-electron chi connectivity index (χ0n) is 28.7. The molecule has 5 rings (SSSR count). The van der Waals surface area contributed by atoms with E-state index in [4.69, 9.17) is 10.5 Å². The molecule has 0 bridgehead atoms. The first-order valence-corrected chi connectivity index (χ1v) is 17.0. The van der Waals surface area contributed by atoms with Gasteiger partial charge in [0, 0.05) is 37.3 Å². The monoisotopic (exact) mass is 806 g/mol. The quantitative estimate of drug-likeness (QED) is 0.0502. The van der Waals surface area contributed by atoms with E-state index < -0.39 is 88.8 Å². The van der Waals surface area contributed by atoms with Crippen LogP contribution in [0.4, 0.5) is 20.1 Å². The molecule has 0 spiro atoms. The number of hydrogen-bond donors (Lipinski definition) is 6. The number of rotatable bonds is 12. The third kappa shape index (κ3) is 9.86. The van der Waals surface area contributed by atoms with Gasteiger partial charge in [0.1, 0.15) is 24.1 Å². The number of nitrogens with one attached hydrogen (secondary N) is 5. The van der Waals surface area contributed by atoms with Gasteiger partial charge in [-0.15, -0.1) is 16.9 Å². The number of aromatic amines is 1. The molecule has 1 aromatic carbocycles. The predicted octanol–water partition coefficient (Wildman–Crippen LogP) is -10.9. The summed E-state index contributed by atoms with van der Waals surface area (Å²) in [5.41, 5.74) is 3.56. The molecule has 3 aliphatic heterocycles. The normalized spacial score (nSPS) is 18.4. The van der Waals surface area contributed by atoms with Gasteiger partial charge in [0.25, 0.3) is 5.91 Å². The number of ether oxygens (including phenoxy) is 1. The van der Waals surface area contributed by atoms with Gasteiger partial charge in [-0.2, -0.15) is 0 Å². The number of hydrogen-bond acceptors (Lipinski definition) is 16. The molecule has 0 radical (unpaired) electrons. The van der Waals surface area contributed by atoms with Gasteiger partial charge in [0.15, 0.2) is 5.16 Å². The van der Waals surface area contributed by atoms with Gasteiger partial charge in [-0.3, -0.25) is 34.0 Å². The number of nitrogens with zero attached hydrogens (tertiary/aromatic N) is 4. The third-order valence-corrected chi connectivity index (χ3v) is 10.2.